The molecule has 24 heavy (non-hydrogen) atoms. The average Bonchev–Trinajstić information content (AvgIpc) is 3.19. The van der Waals surface area contributed by atoms with Crippen molar-refractivity contribution in [1.82, 2.24) is 15.1 Å². The molecular weight excluding hydrogens is 340 g/mol. The molecule has 0 atom stereocenters. The zero-order valence-electron chi connectivity index (χ0n) is 13.8. The van der Waals surface area contributed by atoms with Crippen LogP contribution in [0.4, 0.5) is 5.69 Å². The summed E-state index contributed by atoms with van der Waals surface area (Å²) in [4.78, 5) is 12.1. The van der Waals surface area contributed by atoms with Gasteiger partial charge in [-0.2, -0.15) is 4.98 Å². The Morgan fingerprint density at radius 3 is 2.75 bits per heavy atom. The highest BCUT2D eigenvalue weighted by atomic mass is 32.2. The lowest BCUT2D eigenvalue weighted by Gasteiger charge is -2.07. The number of thiophene rings is 1. The second-order valence-corrected chi connectivity index (χ2v) is 8.09. The largest absolute Gasteiger partial charge is 0.397 e. The first kappa shape index (κ1) is 15.7. The molecule has 124 valence electrons. The first-order valence-corrected chi connectivity index (χ1v) is 9.69. The molecule has 1 aliphatic heterocycles. The number of fused-ring (bicyclic) bond motifs is 1. The van der Waals surface area contributed by atoms with Crippen LogP contribution in [0, 0.1) is 20.8 Å². The Balaban J connectivity index is 1.83. The monoisotopic (exact) mass is 358 g/mol. The van der Waals surface area contributed by atoms with Crippen molar-refractivity contribution in [2.75, 3.05) is 11.5 Å². The highest BCUT2D eigenvalue weighted by molar-refractivity contribution is 8.08. The smallest absolute Gasteiger partial charge is 0.264 e. The van der Waals surface area contributed by atoms with Gasteiger partial charge in [-0.05, 0) is 50.5 Å². The fraction of sp³-hybridized carbons (Fsp3) is 0.353. The van der Waals surface area contributed by atoms with E-state index in [1.165, 1.54) is 28.9 Å². The summed E-state index contributed by atoms with van der Waals surface area (Å²) in [5.74, 6) is 2.23. The zero-order valence-corrected chi connectivity index (χ0v) is 15.5. The van der Waals surface area contributed by atoms with E-state index in [1.54, 1.807) is 11.8 Å². The van der Waals surface area contributed by atoms with Crippen molar-refractivity contribution in [2.45, 2.75) is 33.6 Å². The Kier molecular flexibility index (Phi) is 3.85. The number of allylic oxidation sites excluding steroid dienone is 1. The van der Waals surface area contributed by atoms with E-state index in [4.69, 9.17) is 10.3 Å². The van der Waals surface area contributed by atoms with Gasteiger partial charge < -0.3 is 10.3 Å². The van der Waals surface area contributed by atoms with Gasteiger partial charge in [0.05, 0.1) is 10.6 Å². The first-order valence-electron chi connectivity index (χ1n) is 7.89. The number of hydrogen-bond donors (Lipinski definition) is 1. The van der Waals surface area contributed by atoms with E-state index in [1.807, 2.05) is 6.92 Å². The zero-order chi connectivity index (χ0) is 16.8. The maximum Gasteiger partial charge on any atom is 0.264 e. The Morgan fingerprint density at radius 1 is 1.17 bits per heavy atom. The second kappa shape index (κ2) is 5.89. The summed E-state index contributed by atoms with van der Waals surface area (Å²) >= 11 is 3.29. The molecule has 2 N–H and O–H groups in total. The van der Waals surface area contributed by atoms with Gasteiger partial charge in [0, 0.05) is 11.1 Å². The van der Waals surface area contributed by atoms with Crippen LogP contribution in [0.3, 0.4) is 0 Å². The van der Waals surface area contributed by atoms with E-state index in [9.17, 15) is 0 Å². The van der Waals surface area contributed by atoms with Gasteiger partial charge in [0.25, 0.3) is 5.89 Å². The predicted octanol–water partition coefficient (Wildman–Crippen LogP) is 4.72. The van der Waals surface area contributed by atoms with Gasteiger partial charge in [-0.1, -0.05) is 11.2 Å². The molecule has 0 fully saturated rings. The predicted molar refractivity (Wildman–Crippen MR) is 101 cm³/mol. The SMILES string of the molecule is Cc1nc2sc(-c3noc(C4=CCCCS4)n3)c(N)c2c(C)c1C. The molecule has 0 spiro atoms. The lowest BCUT2D eigenvalue weighted by Crippen LogP contribution is -1.94. The number of rotatable bonds is 2. The van der Waals surface area contributed by atoms with Crippen molar-refractivity contribution < 1.29 is 4.52 Å². The minimum atomic E-state index is 0.548. The molecule has 0 bridgehead atoms. The first-order chi connectivity index (χ1) is 11.6. The van der Waals surface area contributed by atoms with Gasteiger partial charge in [0.2, 0.25) is 5.82 Å². The molecule has 3 aromatic heterocycles. The summed E-state index contributed by atoms with van der Waals surface area (Å²) in [6.07, 6.45) is 4.42. The maximum absolute atomic E-state index is 6.41. The van der Waals surface area contributed by atoms with Crippen molar-refractivity contribution in [2.24, 2.45) is 0 Å². The molecule has 7 heteroatoms. The van der Waals surface area contributed by atoms with Crippen LogP contribution in [0.2, 0.25) is 0 Å². The standard InChI is InChI=1S/C17H18N4OS2/c1-8-9(2)12-13(18)14(24-17(12)19-10(8)3)15-20-16(22-21-15)11-6-4-5-7-23-11/h6H,4-5,7,18H2,1-3H3. The van der Waals surface area contributed by atoms with Gasteiger partial charge in [0.15, 0.2) is 0 Å². The topological polar surface area (TPSA) is 77.8 Å². The van der Waals surface area contributed by atoms with Crippen molar-refractivity contribution in [3.05, 3.63) is 28.8 Å². The van der Waals surface area contributed by atoms with Gasteiger partial charge in [-0.25, -0.2) is 4.98 Å². The van der Waals surface area contributed by atoms with E-state index in [0.29, 0.717) is 17.4 Å². The lowest BCUT2D eigenvalue weighted by atomic mass is 10.1. The van der Waals surface area contributed by atoms with Crippen LogP contribution in [0.15, 0.2) is 10.6 Å². The number of aromatic nitrogens is 3. The van der Waals surface area contributed by atoms with Crippen LogP contribution in [0.5, 0.6) is 0 Å². The molecule has 0 aromatic carbocycles. The minimum absolute atomic E-state index is 0.548. The molecule has 0 radical (unpaired) electrons. The molecule has 1 aliphatic rings. The molecule has 4 heterocycles. The molecular formula is C17H18N4OS2. The summed E-state index contributed by atoms with van der Waals surface area (Å²) in [5.41, 5.74) is 10.5. The minimum Gasteiger partial charge on any atom is -0.397 e. The normalized spacial score (nSPS) is 15.0. The van der Waals surface area contributed by atoms with Gasteiger partial charge in [-0.3, -0.25) is 0 Å². The van der Waals surface area contributed by atoms with Gasteiger partial charge in [0.1, 0.15) is 9.71 Å². The Bertz CT molecular complexity index is 971. The quantitative estimate of drug-likeness (QED) is 0.714. The fourth-order valence-electron chi connectivity index (χ4n) is 2.86. The molecule has 0 aliphatic carbocycles. The van der Waals surface area contributed by atoms with E-state index in [-0.39, 0.29) is 0 Å². The van der Waals surface area contributed by atoms with Crippen LogP contribution in [-0.2, 0) is 0 Å². The number of nitrogens with zero attached hydrogens (tertiary/aromatic N) is 3. The Labute approximate surface area is 148 Å². The van der Waals surface area contributed by atoms with Gasteiger partial charge in [-0.15, -0.1) is 23.1 Å². The molecule has 0 saturated heterocycles. The van der Waals surface area contributed by atoms with Gasteiger partial charge >= 0.3 is 0 Å². The summed E-state index contributed by atoms with van der Waals surface area (Å²) in [6.45, 7) is 6.19. The van der Waals surface area contributed by atoms with Crippen molar-refractivity contribution in [3.63, 3.8) is 0 Å². The third-order valence-electron chi connectivity index (χ3n) is 4.45. The number of aryl methyl sites for hydroxylation is 2. The van der Waals surface area contributed by atoms with Crippen LogP contribution >= 0.6 is 23.1 Å². The molecule has 5 nitrogen and oxygen atoms in total. The maximum atomic E-state index is 6.41. The lowest BCUT2D eigenvalue weighted by molar-refractivity contribution is 0.410. The Morgan fingerprint density at radius 2 is 2.00 bits per heavy atom. The second-order valence-electron chi connectivity index (χ2n) is 5.95. The summed E-state index contributed by atoms with van der Waals surface area (Å²) < 4.78 is 5.47. The summed E-state index contributed by atoms with van der Waals surface area (Å²) in [6, 6.07) is 0. The van der Waals surface area contributed by atoms with Crippen LogP contribution in [0.25, 0.3) is 25.8 Å². The third kappa shape index (κ3) is 2.43. The van der Waals surface area contributed by atoms with Crippen molar-refractivity contribution >= 4 is 43.9 Å². The van der Waals surface area contributed by atoms with E-state index in [0.717, 1.165) is 37.9 Å². The number of nitrogen functional groups attached to an aromatic ring is 1. The Hall–Kier alpha value is -1.86. The molecule has 0 amide bonds. The number of hydrogen-bond acceptors (Lipinski definition) is 7. The highest BCUT2D eigenvalue weighted by Gasteiger charge is 2.21. The van der Waals surface area contributed by atoms with E-state index < -0.39 is 0 Å². The van der Waals surface area contributed by atoms with Crippen molar-refractivity contribution in [3.8, 4) is 10.7 Å². The summed E-state index contributed by atoms with van der Waals surface area (Å²) in [7, 11) is 0. The fourth-order valence-corrected chi connectivity index (χ4v) is 4.96. The van der Waals surface area contributed by atoms with Crippen LogP contribution < -0.4 is 5.73 Å². The molecule has 4 rings (SSSR count). The number of thioether (sulfide) groups is 1. The van der Waals surface area contributed by atoms with Crippen LogP contribution in [0.1, 0.15) is 35.6 Å². The van der Waals surface area contributed by atoms with E-state index >= 15 is 0 Å². The molecule has 0 saturated carbocycles. The number of pyridine rings is 1. The number of anilines is 1. The molecule has 0 unspecified atom stereocenters. The van der Waals surface area contributed by atoms with E-state index in [2.05, 4.69) is 35.0 Å². The van der Waals surface area contributed by atoms with Crippen molar-refractivity contribution in [1.29, 1.82) is 0 Å². The highest BCUT2D eigenvalue weighted by Crippen LogP contribution is 2.42. The van der Waals surface area contributed by atoms with Crippen LogP contribution in [-0.4, -0.2) is 20.9 Å². The number of nitrogens with two attached hydrogens (primary N) is 1. The third-order valence-corrected chi connectivity index (χ3v) is 6.69. The summed E-state index contributed by atoms with van der Waals surface area (Å²) in [5, 5.41) is 5.16. The molecule has 3 aromatic rings. The average molecular weight is 358 g/mol.